The lowest BCUT2D eigenvalue weighted by Gasteiger charge is -2.18. The fraction of sp³-hybridized carbons (Fsp3) is 0.200. The van der Waals surface area contributed by atoms with Crippen LogP contribution in [0.2, 0.25) is 0 Å². The van der Waals surface area contributed by atoms with Gasteiger partial charge in [0.1, 0.15) is 0 Å². The number of aromatic nitrogens is 1. The Morgan fingerprint density at radius 1 is 0.931 bits per heavy atom. The van der Waals surface area contributed by atoms with Gasteiger partial charge >= 0.3 is 0 Å². The molecule has 4 nitrogen and oxygen atoms in total. The Labute approximate surface area is 172 Å². The molecule has 0 radical (unpaired) electrons. The average molecular weight is 386 g/mol. The Morgan fingerprint density at radius 2 is 1.69 bits per heavy atom. The van der Waals surface area contributed by atoms with Gasteiger partial charge in [-0.25, -0.2) is 0 Å². The fourth-order valence-corrected chi connectivity index (χ4v) is 2.70. The maximum absolute atomic E-state index is 12.4. The summed E-state index contributed by atoms with van der Waals surface area (Å²) in [5, 5.41) is 6.34. The zero-order chi connectivity index (χ0) is 20.7. The summed E-state index contributed by atoms with van der Waals surface area (Å²) in [6.45, 7) is 6.93. The molecule has 0 unspecified atom stereocenters. The predicted octanol–water partition coefficient (Wildman–Crippen LogP) is 5.77. The molecule has 0 fully saturated rings. The summed E-state index contributed by atoms with van der Waals surface area (Å²) in [4.78, 5) is 16.5. The van der Waals surface area contributed by atoms with Gasteiger partial charge in [-0.3, -0.25) is 9.78 Å². The van der Waals surface area contributed by atoms with E-state index in [1.54, 1.807) is 6.20 Å². The number of anilines is 2. The molecule has 0 saturated heterocycles. The molecule has 3 rings (SSSR count). The molecule has 3 aromatic rings. The monoisotopic (exact) mass is 385 g/mol. The summed E-state index contributed by atoms with van der Waals surface area (Å²) in [7, 11) is 0. The number of amides is 1. The van der Waals surface area contributed by atoms with E-state index in [9.17, 15) is 4.79 Å². The fourth-order valence-electron chi connectivity index (χ4n) is 2.70. The minimum absolute atomic E-state index is 0.0543. The van der Waals surface area contributed by atoms with Crippen LogP contribution in [0.3, 0.4) is 0 Å². The van der Waals surface area contributed by atoms with Gasteiger partial charge in [0.15, 0.2) is 0 Å². The lowest BCUT2D eigenvalue weighted by Crippen LogP contribution is -2.32. The van der Waals surface area contributed by atoms with Crippen LogP contribution in [0.15, 0.2) is 73.1 Å². The van der Waals surface area contributed by atoms with Crippen molar-refractivity contribution in [1.29, 1.82) is 0 Å². The molecule has 1 amide bonds. The second-order valence-corrected chi connectivity index (χ2v) is 8.19. The van der Waals surface area contributed by atoms with Crippen LogP contribution in [0.4, 0.5) is 11.4 Å². The zero-order valence-corrected chi connectivity index (χ0v) is 17.1. The molecule has 2 N–H and O–H groups in total. The number of benzene rings is 2. The van der Waals surface area contributed by atoms with Crippen LogP contribution in [0.25, 0.3) is 12.2 Å². The van der Waals surface area contributed by atoms with Crippen molar-refractivity contribution in [3.05, 3.63) is 89.7 Å². The lowest BCUT2D eigenvalue weighted by atomic mass is 9.97. The third-order valence-corrected chi connectivity index (χ3v) is 4.26. The van der Waals surface area contributed by atoms with Gasteiger partial charge in [0.2, 0.25) is 0 Å². The first-order chi connectivity index (χ1) is 13.9. The molecule has 0 spiro atoms. The molecule has 0 bridgehead atoms. The average Bonchev–Trinajstić information content (AvgIpc) is 2.72. The quantitative estimate of drug-likeness (QED) is 0.566. The standard InChI is InChI=1S/C25H27N3O/c1-25(2,3)18-27-24(29)21-7-4-8-23(16-21)28-22-13-11-19(12-14-22)9-10-20-6-5-15-26-17-20/h4-17,28H,18H2,1-3H3,(H,27,29)/b10-9+. The van der Waals surface area contributed by atoms with E-state index in [0.29, 0.717) is 12.1 Å². The highest BCUT2D eigenvalue weighted by atomic mass is 16.1. The van der Waals surface area contributed by atoms with Gasteiger partial charge in [-0.1, -0.05) is 57.2 Å². The molecule has 0 aliphatic rings. The van der Waals surface area contributed by atoms with Gasteiger partial charge in [0.05, 0.1) is 0 Å². The number of hydrogen-bond acceptors (Lipinski definition) is 3. The van der Waals surface area contributed by atoms with Crippen LogP contribution >= 0.6 is 0 Å². The Kier molecular flexibility index (Phi) is 6.45. The third-order valence-electron chi connectivity index (χ3n) is 4.26. The Hall–Kier alpha value is -3.40. The normalized spacial score (nSPS) is 11.4. The van der Waals surface area contributed by atoms with E-state index in [-0.39, 0.29) is 11.3 Å². The lowest BCUT2D eigenvalue weighted by molar-refractivity contribution is 0.0939. The summed E-state index contributed by atoms with van der Waals surface area (Å²) in [5.41, 5.74) is 4.72. The number of hydrogen-bond donors (Lipinski definition) is 2. The van der Waals surface area contributed by atoms with Gasteiger partial charge < -0.3 is 10.6 Å². The maximum Gasteiger partial charge on any atom is 0.251 e. The molecule has 29 heavy (non-hydrogen) atoms. The van der Waals surface area contributed by atoms with Crippen LogP contribution in [-0.4, -0.2) is 17.4 Å². The van der Waals surface area contributed by atoms with Gasteiger partial charge in [-0.2, -0.15) is 0 Å². The maximum atomic E-state index is 12.4. The molecule has 2 aromatic carbocycles. The largest absolute Gasteiger partial charge is 0.356 e. The molecule has 0 saturated carbocycles. The van der Waals surface area contributed by atoms with E-state index in [2.05, 4.69) is 54.6 Å². The highest BCUT2D eigenvalue weighted by Gasteiger charge is 2.13. The highest BCUT2D eigenvalue weighted by molar-refractivity contribution is 5.95. The first kappa shape index (κ1) is 20.3. The summed E-state index contributed by atoms with van der Waals surface area (Å²) in [6.07, 6.45) is 7.69. The zero-order valence-electron chi connectivity index (χ0n) is 17.1. The third kappa shape index (κ3) is 6.61. The van der Waals surface area contributed by atoms with Crippen LogP contribution < -0.4 is 10.6 Å². The molecule has 0 aliphatic heterocycles. The van der Waals surface area contributed by atoms with Crippen LogP contribution in [0.5, 0.6) is 0 Å². The molecule has 148 valence electrons. The predicted molar refractivity (Wildman–Crippen MR) is 121 cm³/mol. The van der Waals surface area contributed by atoms with E-state index in [0.717, 1.165) is 22.5 Å². The van der Waals surface area contributed by atoms with E-state index in [1.807, 2.05) is 60.8 Å². The van der Waals surface area contributed by atoms with Crippen molar-refractivity contribution in [2.45, 2.75) is 20.8 Å². The number of pyridine rings is 1. The van der Waals surface area contributed by atoms with Gasteiger partial charge in [-0.15, -0.1) is 0 Å². The molecular weight excluding hydrogens is 358 g/mol. The van der Waals surface area contributed by atoms with Crippen LogP contribution in [-0.2, 0) is 0 Å². The molecule has 0 aliphatic carbocycles. The number of nitrogens with one attached hydrogen (secondary N) is 2. The number of nitrogens with zero attached hydrogens (tertiary/aromatic N) is 1. The van der Waals surface area contributed by atoms with E-state index in [4.69, 9.17) is 0 Å². The topological polar surface area (TPSA) is 54.0 Å². The minimum atomic E-state index is -0.0561. The smallest absolute Gasteiger partial charge is 0.251 e. The van der Waals surface area contributed by atoms with Crippen LogP contribution in [0.1, 0.15) is 42.3 Å². The Bertz CT molecular complexity index is 971. The highest BCUT2D eigenvalue weighted by Crippen LogP contribution is 2.19. The van der Waals surface area contributed by atoms with Gasteiger partial charge in [0, 0.05) is 35.9 Å². The van der Waals surface area contributed by atoms with Crippen molar-refractivity contribution in [3.63, 3.8) is 0 Å². The summed E-state index contributed by atoms with van der Waals surface area (Å²) >= 11 is 0. The van der Waals surface area contributed by atoms with Gasteiger partial charge in [-0.05, 0) is 52.9 Å². The summed E-state index contributed by atoms with van der Waals surface area (Å²) < 4.78 is 0. The van der Waals surface area contributed by atoms with E-state index in [1.165, 1.54) is 0 Å². The molecular formula is C25H27N3O. The number of carbonyl (C=O) groups is 1. The minimum Gasteiger partial charge on any atom is -0.356 e. The summed E-state index contributed by atoms with van der Waals surface area (Å²) in [5.74, 6) is -0.0561. The first-order valence-corrected chi connectivity index (χ1v) is 9.73. The second kappa shape index (κ2) is 9.20. The molecule has 0 atom stereocenters. The van der Waals surface area contributed by atoms with Crippen LogP contribution in [0, 0.1) is 5.41 Å². The van der Waals surface area contributed by atoms with Crippen molar-refractivity contribution in [3.8, 4) is 0 Å². The SMILES string of the molecule is CC(C)(C)CNC(=O)c1cccc(Nc2ccc(/C=C/c3cccnc3)cc2)c1. The van der Waals surface area contributed by atoms with Gasteiger partial charge in [0.25, 0.3) is 5.91 Å². The number of carbonyl (C=O) groups excluding carboxylic acids is 1. The molecule has 4 heteroatoms. The Morgan fingerprint density at radius 3 is 2.38 bits per heavy atom. The van der Waals surface area contributed by atoms with Crippen molar-refractivity contribution < 1.29 is 4.79 Å². The Balaban J connectivity index is 1.63. The second-order valence-electron chi connectivity index (χ2n) is 8.19. The van der Waals surface area contributed by atoms with Crippen molar-refractivity contribution >= 4 is 29.4 Å². The van der Waals surface area contributed by atoms with Crippen molar-refractivity contribution in [2.75, 3.05) is 11.9 Å². The molecule has 1 heterocycles. The molecule has 1 aromatic heterocycles. The van der Waals surface area contributed by atoms with E-state index < -0.39 is 0 Å². The number of rotatable bonds is 6. The van der Waals surface area contributed by atoms with Crippen molar-refractivity contribution in [2.24, 2.45) is 5.41 Å². The van der Waals surface area contributed by atoms with E-state index >= 15 is 0 Å². The first-order valence-electron chi connectivity index (χ1n) is 9.73. The van der Waals surface area contributed by atoms with Crippen molar-refractivity contribution in [1.82, 2.24) is 10.3 Å². The summed E-state index contributed by atoms with van der Waals surface area (Å²) in [6, 6.07) is 19.6.